The van der Waals surface area contributed by atoms with Crippen molar-refractivity contribution in [2.24, 2.45) is 11.8 Å². The molecule has 2 rings (SSSR count). The minimum Gasteiger partial charge on any atom is -0.380 e. The summed E-state index contributed by atoms with van der Waals surface area (Å²) in [5.74, 6) is 1.96. The second-order valence-electron chi connectivity index (χ2n) is 4.03. The van der Waals surface area contributed by atoms with Crippen LogP contribution in [0.5, 0.6) is 0 Å². The van der Waals surface area contributed by atoms with Gasteiger partial charge in [0.1, 0.15) is 0 Å². The molecule has 1 saturated heterocycles. The van der Waals surface area contributed by atoms with Gasteiger partial charge in [-0.1, -0.05) is 0 Å². The molecule has 0 N–H and O–H groups in total. The molecule has 1 saturated carbocycles. The topological polar surface area (TPSA) is 12.5 Å². The second-order valence-corrected chi connectivity index (χ2v) is 4.03. The van der Waals surface area contributed by atoms with Crippen LogP contribution in [0.3, 0.4) is 0 Å². The summed E-state index contributed by atoms with van der Waals surface area (Å²) in [4.78, 5) is 2.45. The number of rotatable bonds is 2. The quantitative estimate of drug-likeness (QED) is 0.589. The minimum absolute atomic E-state index is 0.414. The zero-order chi connectivity index (χ0) is 8.01. The summed E-state index contributed by atoms with van der Waals surface area (Å²) in [5, 5.41) is 0. The maximum absolute atomic E-state index is 5.36. The molecule has 0 aromatic heterocycles. The monoisotopic (exact) mass is 155 g/mol. The van der Waals surface area contributed by atoms with Crippen molar-refractivity contribution in [3.05, 3.63) is 0 Å². The van der Waals surface area contributed by atoms with Crippen LogP contribution >= 0.6 is 0 Å². The predicted molar refractivity (Wildman–Crippen MR) is 44.5 cm³/mol. The number of likely N-dealkylation sites (tertiary alicyclic amines) is 1. The normalized spacial score (nSPS) is 45.5. The van der Waals surface area contributed by atoms with Crippen LogP contribution in [0.25, 0.3) is 0 Å². The van der Waals surface area contributed by atoms with Crippen molar-refractivity contribution < 1.29 is 4.74 Å². The van der Waals surface area contributed by atoms with Gasteiger partial charge in [-0.15, -0.1) is 0 Å². The predicted octanol–water partition coefficient (Wildman–Crippen LogP) is 0.971. The van der Waals surface area contributed by atoms with E-state index in [1.165, 1.54) is 13.0 Å². The van der Waals surface area contributed by atoms with Crippen molar-refractivity contribution in [2.45, 2.75) is 25.5 Å². The Labute approximate surface area is 68.5 Å². The van der Waals surface area contributed by atoms with E-state index in [1.807, 2.05) is 7.11 Å². The first kappa shape index (κ1) is 7.56. The highest BCUT2D eigenvalue weighted by atomic mass is 16.5. The maximum atomic E-state index is 5.36. The van der Waals surface area contributed by atoms with Gasteiger partial charge in [0.15, 0.2) is 0 Å². The van der Waals surface area contributed by atoms with Crippen LogP contribution in [-0.2, 0) is 4.74 Å². The maximum Gasteiger partial charge on any atom is 0.0701 e. The molecule has 0 spiro atoms. The Morgan fingerprint density at radius 1 is 1.55 bits per heavy atom. The fourth-order valence-corrected chi connectivity index (χ4v) is 2.56. The third-order valence-electron chi connectivity index (χ3n) is 3.30. The van der Waals surface area contributed by atoms with E-state index >= 15 is 0 Å². The fourth-order valence-electron chi connectivity index (χ4n) is 2.56. The molecule has 64 valence electrons. The van der Waals surface area contributed by atoms with E-state index in [1.54, 1.807) is 0 Å². The molecular formula is C9H17NO. The number of hydrogen-bond acceptors (Lipinski definition) is 2. The number of nitrogens with zero attached hydrogens (tertiary/aromatic N) is 1. The summed E-state index contributed by atoms with van der Waals surface area (Å²) in [7, 11) is 4.03. The van der Waals surface area contributed by atoms with Gasteiger partial charge in [0.05, 0.1) is 6.10 Å². The van der Waals surface area contributed by atoms with E-state index in [9.17, 15) is 0 Å². The Bertz CT molecular complexity index is 158. The molecule has 1 aliphatic heterocycles. The van der Waals surface area contributed by atoms with Crippen LogP contribution in [0.4, 0.5) is 0 Å². The van der Waals surface area contributed by atoms with Crippen LogP contribution in [0, 0.1) is 11.8 Å². The van der Waals surface area contributed by atoms with Gasteiger partial charge in [0.25, 0.3) is 0 Å². The highest BCUT2D eigenvalue weighted by molar-refractivity contribution is 5.05. The van der Waals surface area contributed by atoms with Crippen molar-refractivity contribution in [1.82, 2.24) is 4.90 Å². The lowest BCUT2D eigenvalue weighted by molar-refractivity contribution is 0.0415. The largest absolute Gasteiger partial charge is 0.380 e. The molecule has 2 aliphatic rings. The highest BCUT2D eigenvalue weighted by Crippen LogP contribution is 2.50. The van der Waals surface area contributed by atoms with E-state index in [4.69, 9.17) is 4.74 Å². The van der Waals surface area contributed by atoms with E-state index in [0.29, 0.717) is 12.1 Å². The van der Waals surface area contributed by atoms with E-state index in [-0.39, 0.29) is 0 Å². The highest BCUT2D eigenvalue weighted by Gasteiger charge is 2.52. The summed E-state index contributed by atoms with van der Waals surface area (Å²) < 4.78 is 5.36. The molecule has 1 aliphatic carbocycles. The summed E-state index contributed by atoms with van der Waals surface area (Å²) in [6.45, 7) is 3.48. The summed E-state index contributed by atoms with van der Waals surface area (Å²) in [5.41, 5.74) is 0. The molecule has 0 aromatic rings. The van der Waals surface area contributed by atoms with Gasteiger partial charge in [-0.2, -0.15) is 0 Å². The van der Waals surface area contributed by atoms with Crippen molar-refractivity contribution in [1.29, 1.82) is 0 Å². The molecule has 1 heterocycles. The Morgan fingerprint density at radius 2 is 2.27 bits per heavy atom. The third kappa shape index (κ3) is 1.09. The first-order valence-electron chi connectivity index (χ1n) is 4.47. The van der Waals surface area contributed by atoms with Crippen molar-refractivity contribution >= 4 is 0 Å². The Hall–Kier alpha value is -0.0800. The minimum atomic E-state index is 0.414. The molecule has 2 nitrogen and oxygen atoms in total. The zero-order valence-corrected chi connectivity index (χ0v) is 7.58. The summed E-state index contributed by atoms with van der Waals surface area (Å²) in [6.07, 6.45) is 1.86. The van der Waals surface area contributed by atoms with Crippen LogP contribution in [0.1, 0.15) is 13.3 Å². The average Bonchev–Trinajstić information content (AvgIpc) is 2.63. The first-order chi connectivity index (χ1) is 5.24. The molecule has 0 aromatic carbocycles. The molecule has 4 atom stereocenters. The van der Waals surface area contributed by atoms with Gasteiger partial charge < -0.3 is 9.64 Å². The molecule has 2 fully saturated rings. The number of ether oxygens (including phenoxy) is 1. The third-order valence-corrected chi connectivity index (χ3v) is 3.30. The smallest absolute Gasteiger partial charge is 0.0701 e. The number of likely N-dealkylation sites (N-methyl/N-ethyl adjacent to an activating group) is 1. The van der Waals surface area contributed by atoms with Crippen molar-refractivity contribution in [3.8, 4) is 0 Å². The molecule has 0 amide bonds. The molecular weight excluding hydrogens is 138 g/mol. The SMILES string of the molecule is COC(C)[C@@H]1C2C[C@H]2CN1C. The molecule has 2 heteroatoms. The van der Waals surface area contributed by atoms with E-state index in [0.717, 1.165) is 11.8 Å². The van der Waals surface area contributed by atoms with Gasteiger partial charge in [0, 0.05) is 19.7 Å². The van der Waals surface area contributed by atoms with Crippen LogP contribution < -0.4 is 0 Å². The average molecular weight is 155 g/mol. The summed E-state index contributed by atoms with van der Waals surface area (Å²) in [6, 6.07) is 0.699. The Morgan fingerprint density at radius 3 is 2.73 bits per heavy atom. The van der Waals surface area contributed by atoms with Crippen molar-refractivity contribution in [2.75, 3.05) is 20.7 Å². The molecule has 11 heavy (non-hydrogen) atoms. The molecule has 2 unspecified atom stereocenters. The fraction of sp³-hybridized carbons (Fsp3) is 1.00. The Balaban J connectivity index is 2.00. The van der Waals surface area contributed by atoms with Gasteiger partial charge in [-0.25, -0.2) is 0 Å². The van der Waals surface area contributed by atoms with Crippen LogP contribution in [0.15, 0.2) is 0 Å². The number of hydrogen-bond donors (Lipinski definition) is 0. The van der Waals surface area contributed by atoms with Crippen LogP contribution in [-0.4, -0.2) is 37.7 Å². The van der Waals surface area contributed by atoms with Gasteiger partial charge in [-0.3, -0.25) is 0 Å². The lowest BCUT2D eigenvalue weighted by atomic mass is 10.1. The molecule has 0 bridgehead atoms. The van der Waals surface area contributed by atoms with E-state index in [2.05, 4.69) is 18.9 Å². The lowest BCUT2D eigenvalue weighted by Crippen LogP contribution is -2.38. The number of fused-ring (bicyclic) bond motifs is 1. The zero-order valence-electron chi connectivity index (χ0n) is 7.58. The van der Waals surface area contributed by atoms with Gasteiger partial charge in [0.2, 0.25) is 0 Å². The second kappa shape index (κ2) is 2.46. The molecule has 0 radical (unpaired) electrons. The summed E-state index contributed by atoms with van der Waals surface area (Å²) >= 11 is 0. The van der Waals surface area contributed by atoms with Gasteiger partial charge >= 0.3 is 0 Å². The van der Waals surface area contributed by atoms with Gasteiger partial charge in [-0.05, 0) is 32.2 Å². The number of piperidine rings is 1. The van der Waals surface area contributed by atoms with E-state index < -0.39 is 0 Å². The Kier molecular flexibility index (Phi) is 1.69. The lowest BCUT2D eigenvalue weighted by Gasteiger charge is -2.27. The number of methoxy groups -OCH3 is 1. The van der Waals surface area contributed by atoms with Crippen molar-refractivity contribution in [3.63, 3.8) is 0 Å². The van der Waals surface area contributed by atoms with Crippen LogP contribution in [0.2, 0.25) is 0 Å². The standard InChI is InChI=1S/C9H17NO/c1-6(11-3)9-8-4-7(8)5-10(9)2/h6-9H,4-5H2,1-3H3/t6?,7-,8?,9+/m0/s1. The first-order valence-corrected chi connectivity index (χ1v) is 4.47.